The number of hydrogen-bond donors (Lipinski definition) is 0. The fourth-order valence-corrected chi connectivity index (χ4v) is 3.19. The molecule has 0 aliphatic carbocycles. The standard InChI is InChI=1S/C26H23NO5/c1-18-8-6-7-11-22(18)30-14-15-31-23-13-12-19(17-24(23)29-2)16-21-26(28)32-25(27-21)20-9-4-3-5-10-20/h3-13,16-17H,14-15H2,1-2H3/b21-16-. The minimum atomic E-state index is -0.489. The van der Waals surface area contributed by atoms with Crippen LogP contribution in [0.15, 0.2) is 83.5 Å². The molecule has 1 aliphatic heterocycles. The van der Waals surface area contributed by atoms with Crippen LogP contribution in [0.4, 0.5) is 0 Å². The van der Waals surface area contributed by atoms with E-state index in [0.717, 1.165) is 22.4 Å². The van der Waals surface area contributed by atoms with Crippen molar-refractivity contribution >= 4 is 17.9 Å². The van der Waals surface area contributed by atoms with Crippen molar-refractivity contribution in [3.63, 3.8) is 0 Å². The zero-order chi connectivity index (χ0) is 22.3. The second kappa shape index (κ2) is 9.83. The average molecular weight is 429 g/mol. The van der Waals surface area contributed by atoms with Gasteiger partial charge in [0, 0.05) is 5.56 Å². The molecule has 0 radical (unpaired) electrons. The van der Waals surface area contributed by atoms with E-state index in [1.165, 1.54) is 0 Å². The number of nitrogens with zero attached hydrogens (tertiary/aromatic N) is 1. The van der Waals surface area contributed by atoms with Gasteiger partial charge in [-0.1, -0.05) is 42.5 Å². The number of carbonyl (C=O) groups excluding carboxylic acids is 1. The highest BCUT2D eigenvalue weighted by atomic mass is 16.6. The number of hydrogen-bond acceptors (Lipinski definition) is 6. The Morgan fingerprint density at radius 1 is 0.875 bits per heavy atom. The van der Waals surface area contributed by atoms with E-state index in [4.69, 9.17) is 18.9 Å². The smallest absolute Gasteiger partial charge is 0.363 e. The molecule has 3 aromatic carbocycles. The number of esters is 1. The Kier molecular flexibility index (Phi) is 6.51. The fraction of sp³-hybridized carbons (Fsp3) is 0.154. The van der Waals surface area contributed by atoms with Crippen LogP contribution in [0.3, 0.4) is 0 Å². The molecule has 1 heterocycles. The molecule has 0 unspecified atom stereocenters. The normalized spacial score (nSPS) is 14.1. The minimum absolute atomic E-state index is 0.228. The molecule has 0 saturated carbocycles. The first kappa shape index (κ1) is 21.2. The maximum Gasteiger partial charge on any atom is 0.363 e. The summed E-state index contributed by atoms with van der Waals surface area (Å²) in [6, 6.07) is 22.5. The van der Waals surface area contributed by atoms with Crippen LogP contribution in [0.25, 0.3) is 6.08 Å². The van der Waals surface area contributed by atoms with Crippen LogP contribution in [0, 0.1) is 6.92 Å². The first-order valence-electron chi connectivity index (χ1n) is 10.2. The summed E-state index contributed by atoms with van der Waals surface area (Å²) >= 11 is 0. The van der Waals surface area contributed by atoms with Crippen molar-refractivity contribution in [3.05, 3.63) is 95.2 Å². The van der Waals surface area contributed by atoms with Crippen molar-refractivity contribution < 1.29 is 23.7 Å². The number of methoxy groups -OCH3 is 1. The molecule has 1 aliphatic rings. The monoisotopic (exact) mass is 429 g/mol. The van der Waals surface area contributed by atoms with Gasteiger partial charge in [0.15, 0.2) is 17.2 Å². The van der Waals surface area contributed by atoms with Gasteiger partial charge in [-0.2, -0.15) is 0 Å². The molecule has 0 amide bonds. The van der Waals surface area contributed by atoms with Crippen molar-refractivity contribution in [3.8, 4) is 17.2 Å². The fourth-order valence-electron chi connectivity index (χ4n) is 3.19. The molecular weight excluding hydrogens is 406 g/mol. The Morgan fingerprint density at radius 2 is 1.59 bits per heavy atom. The van der Waals surface area contributed by atoms with Crippen molar-refractivity contribution in [1.29, 1.82) is 0 Å². The number of carbonyl (C=O) groups is 1. The van der Waals surface area contributed by atoms with Gasteiger partial charge in [0.25, 0.3) is 0 Å². The lowest BCUT2D eigenvalue weighted by atomic mass is 10.1. The van der Waals surface area contributed by atoms with Gasteiger partial charge in [-0.15, -0.1) is 0 Å². The third-order valence-electron chi connectivity index (χ3n) is 4.82. The van der Waals surface area contributed by atoms with E-state index in [1.807, 2.05) is 67.6 Å². The Bertz CT molecular complexity index is 1170. The predicted molar refractivity (Wildman–Crippen MR) is 122 cm³/mol. The number of para-hydroxylation sites is 1. The first-order chi connectivity index (χ1) is 15.6. The zero-order valence-electron chi connectivity index (χ0n) is 17.9. The topological polar surface area (TPSA) is 66.4 Å². The number of ether oxygens (including phenoxy) is 4. The van der Waals surface area contributed by atoms with Crippen LogP contribution in [0.5, 0.6) is 17.2 Å². The molecule has 0 fully saturated rings. The molecule has 162 valence electrons. The second-order valence-corrected chi connectivity index (χ2v) is 7.07. The predicted octanol–water partition coefficient (Wildman–Crippen LogP) is 4.81. The van der Waals surface area contributed by atoms with Gasteiger partial charge >= 0.3 is 5.97 Å². The van der Waals surface area contributed by atoms with Crippen molar-refractivity contribution in [2.24, 2.45) is 4.99 Å². The summed E-state index contributed by atoms with van der Waals surface area (Å²) in [7, 11) is 1.57. The number of rotatable bonds is 8. The van der Waals surface area contributed by atoms with Crippen LogP contribution in [0.1, 0.15) is 16.7 Å². The third-order valence-corrected chi connectivity index (χ3v) is 4.82. The number of benzene rings is 3. The summed E-state index contributed by atoms with van der Waals surface area (Å²) in [4.78, 5) is 16.6. The largest absolute Gasteiger partial charge is 0.493 e. The summed E-state index contributed by atoms with van der Waals surface area (Å²) in [5.41, 5.74) is 2.80. The van der Waals surface area contributed by atoms with Gasteiger partial charge in [-0.25, -0.2) is 9.79 Å². The van der Waals surface area contributed by atoms with Crippen molar-refractivity contribution in [2.75, 3.05) is 20.3 Å². The molecule has 0 saturated heterocycles. The Balaban J connectivity index is 1.42. The summed E-state index contributed by atoms with van der Waals surface area (Å²) in [6.45, 7) is 2.77. The second-order valence-electron chi connectivity index (χ2n) is 7.07. The van der Waals surface area contributed by atoms with E-state index in [2.05, 4.69) is 4.99 Å². The third kappa shape index (κ3) is 4.98. The Labute approximate surface area is 186 Å². The highest BCUT2D eigenvalue weighted by Crippen LogP contribution is 2.30. The van der Waals surface area contributed by atoms with Crippen LogP contribution < -0.4 is 14.2 Å². The lowest BCUT2D eigenvalue weighted by Crippen LogP contribution is -2.10. The van der Waals surface area contributed by atoms with Crippen LogP contribution in [0.2, 0.25) is 0 Å². The number of aryl methyl sites for hydroxylation is 1. The van der Waals surface area contributed by atoms with E-state index < -0.39 is 5.97 Å². The zero-order valence-corrected chi connectivity index (χ0v) is 17.9. The van der Waals surface area contributed by atoms with Crippen LogP contribution >= 0.6 is 0 Å². The summed E-state index contributed by atoms with van der Waals surface area (Å²) in [5.74, 6) is 1.78. The summed E-state index contributed by atoms with van der Waals surface area (Å²) in [5, 5.41) is 0. The molecular formula is C26H23NO5. The van der Waals surface area contributed by atoms with Gasteiger partial charge in [0.2, 0.25) is 5.90 Å². The van der Waals surface area contributed by atoms with E-state index in [9.17, 15) is 4.79 Å². The molecule has 0 atom stereocenters. The van der Waals surface area contributed by atoms with Gasteiger partial charge in [0.05, 0.1) is 7.11 Å². The van der Waals surface area contributed by atoms with E-state index >= 15 is 0 Å². The summed E-state index contributed by atoms with van der Waals surface area (Å²) in [6.07, 6.45) is 1.66. The van der Waals surface area contributed by atoms with Crippen LogP contribution in [-0.2, 0) is 9.53 Å². The van der Waals surface area contributed by atoms with Crippen molar-refractivity contribution in [2.45, 2.75) is 6.92 Å². The molecule has 3 aromatic rings. The van der Waals surface area contributed by atoms with Crippen molar-refractivity contribution in [1.82, 2.24) is 0 Å². The molecule has 4 rings (SSSR count). The summed E-state index contributed by atoms with van der Waals surface area (Å²) < 4.78 is 22.3. The maximum atomic E-state index is 12.2. The number of aliphatic imine (C=N–C) groups is 1. The molecule has 0 N–H and O–H groups in total. The van der Waals surface area contributed by atoms with Gasteiger partial charge in [-0.05, 0) is 54.5 Å². The minimum Gasteiger partial charge on any atom is -0.493 e. The van der Waals surface area contributed by atoms with E-state index in [1.54, 1.807) is 25.3 Å². The van der Waals surface area contributed by atoms with Gasteiger partial charge in [-0.3, -0.25) is 0 Å². The van der Waals surface area contributed by atoms with Gasteiger partial charge in [0.1, 0.15) is 19.0 Å². The highest BCUT2D eigenvalue weighted by Gasteiger charge is 2.24. The van der Waals surface area contributed by atoms with E-state index in [0.29, 0.717) is 30.6 Å². The number of cyclic esters (lactones) is 1. The average Bonchev–Trinajstić information content (AvgIpc) is 3.19. The SMILES string of the molecule is COc1cc(/C=C2\N=C(c3ccccc3)OC2=O)ccc1OCCOc1ccccc1C. The quantitative estimate of drug-likeness (QED) is 0.292. The lowest BCUT2D eigenvalue weighted by molar-refractivity contribution is -0.129. The molecule has 0 aromatic heterocycles. The molecule has 6 nitrogen and oxygen atoms in total. The molecule has 32 heavy (non-hydrogen) atoms. The Morgan fingerprint density at radius 3 is 2.34 bits per heavy atom. The van der Waals surface area contributed by atoms with E-state index in [-0.39, 0.29) is 5.70 Å². The Hall–Kier alpha value is -4.06. The van der Waals surface area contributed by atoms with Gasteiger partial charge < -0.3 is 18.9 Å². The lowest BCUT2D eigenvalue weighted by Gasteiger charge is -2.13. The van der Waals surface area contributed by atoms with Crippen LogP contribution in [-0.4, -0.2) is 32.2 Å². The first-order valence-corrected chi connectivity index (χ1v) is 10.2. The molecule has 0 spiro atoms. The molecule has 0 bridgehead atoms. The maximum absolute atomic E-state index is 12.2. The molecule has 6 heteroatoms. The highest BCUT2D eigenvalue weighted by molar-refractivity contribution is 6.12.